The van der Waals surface area contributed by atoms with Crippen LogP contribution in [0.4, 0.5) is 5.82 Å². The number of anilines is 1. The second-order valence-electron chi connectivity index (χ2n) is 5.00. The summed E-state index contributed by atoms with van der Waals surface area (Å²) in [6.45, 7) is 10.2. The Kier molecular flexibility index (Phi) is 4.40. The number of rotatable bonds is 3. The molecule has 0 unspecified atom stereocenters. The maximum absolute atomic E-state index is 4.51. The maximum Gasteiger partial charge on any atom is 0.129 e. The minimum absolute atomic E-state index is 0.755. The predicted octanol–water partition coefficient (Wildman–Crippen LogP) is 2.62. The van der Waals surface area contributed by atoms with Gasteiger partial charge >= 0.3 is 0 Å². The van der Waals surface area contributed by atoms with Crippen LogP contribution >= 0.6 is 15.9 Å². The molecule has 4 heteroatoms. The number of nitrogens with zero attached hydrogens (tertiary/aromatic N) is 3. The van der Waals surface area contributed by atoms with E-state index in [0.717, 1.165) is 42.5 Å². The fraction of sp³-hybridized carbons (Fsp3) is 0.615. The third kappa shape index (κ3) is 3.68. The Balaban J connectivity index is 1.91. The monoisotopic (exact) mass is 297 g/mol. The third-order valence-corrected chi connectivity index (χ3v) is 3.46. The number of piperazine rings is 1. The lowest BCUT2D eigenvalue weighted by atomic mass is 10.2. The van der Waals surface area contributed by atoms with Crippen molar-refractivity contribution in [3.05, 3.63) is 22.8 Å². The molecule has 0 bridgehead atoms. The second-order valence-corrected chi connectivity index (χ2v) is 5.81. The predicted molar refractivity (Wildman–Crippen MR) is 75.4 cm³/mol. The average Bonchev–Trinajstić information content (AvgIpc) is 2.29. The lowest BCUT2D eigenvalue weighted by molar-refractivity contribution is 0.231. The molecule has 17 heavy (non-hydrogen) atoms. The molecule has 3 nitrogen and oxygen atoms in total. The average molecular weight is 298 g/mol. The molecular weight excluding hydrogens is 278 g/mol. The molecule has 0 aromatic carbocycles. The van der Waals surface area contributed by atoms with Gasteiger partial charge < -0.3 is 4.90 Å². The maximum atomic E-state index is 4.51. The second kappa shape index (κ2) is 5.83. The van der Waals surface area contributed by atoms with E-state index < -0.39 is 0 Å². The standard InChI is InChI=1S/C13H20BrN3/c1-11(2)10-16-6-8-17(9-7-16)13-5-3-4-12(14)15-13/h3-5,11H,6-10H2,1-2H3. The molecule has 2 rings (SSSR count). The van der Waals surface area contributed by atoms with Crippen LogP contribution in [0.5, 0.6) is 0 Å². The lowest BCUT2D eigenvalue weighted by Gasteiger charge is -2.36. The van der Waals surface area contributed by atoms with Crippen LogP contribution in [0.2, 0.25) is 0 Å². The Morgan fingerprint density at radius 3 is 2.53 bits per heavy atom. The molecule has 0 spiro atoms. The molecule has 2 heterocycles. The summed E-state index contributed by atoms with van der Waals surface area (Å²) in [6, 6.07) is 6.11. The van der Waals surface area contributed by atoms with Crippen LogP contribution < -0.4 is 4.90 Å². The molecule has 1 aromatic rings. The van der Waals surface area contributed by atoms with Crippen LogP contribution in [0.3, 0.4) is 0 Å². The molecule has 94 valence electrons. The van der Waals surface area contributed by atoms with Gasteiger partial charge in [0.05, 0.1) is 0 Å². The largest absolute Gasteiger partial charge is 0.354 e. The highest BCUT2D eigenvalue weighted by molar-refractivity contribution is 9.10. The quantitative estimate of drug-likeness (QED) is 0.800. The van der Waals surface area contributed by atoms with E-state index in [1.165, 1.54) is 6.54 Å². The molecule has 0 amide bonds. The molecule has 0 aliphatic carbocycles. The Morgan fingerprint density at radius 2 is 1.94 bits per heavy atom. The Labute approximate surface area is 112 Å². The fourth-order valence-electron chi connectivity index (χ4n) is 2.25. The van der Waals surface area contributed by atoms with Crippen LogP contribution in [0.15, 0.2) is 22.8 Å². The summed E-state index contributed by atoms with van der Waals surface area (Å²) in [7, 11) is 0. The number of hydrogen-bond acceptors (Lipinski definition) is 3. The third-order valence-electron chi connectivity index (χ3n) is 3.02. The van der Waals surface area contributed by atoms with Gasteiger partial charge in [-0.25, -0.2) is 4.98 Å². The summed E-state index contributed by atoms with van der Waals surface area (Å²) >= 11 is 3.43. The first-order valence-corrected chi connectivity index (χ1v) is 7.04. The van der Waals surface area contributed by atoms with Crippen LogP contribution in [0.1, 0.15) is 13.8 Å². The minimum atomic E-state index is 0.755. The molecular formula is C13H20BrN3. The smallest absolute Gasteiger partial charge is 0.129 e. The number of aromatic nitrogens is 1. The number of hydrogen-bond donors (Lipinski definition) is 0. The van der Waals surface area contributed by atoms with E-state index in [0.29, 0.717) is 0 Å². The van der Waals surface area contributed by atoms with Gasteiger partial charge in [0.1, 0.15) is 10.4 Å². The van der Waals surface area contributed by atoms with Gasteiger partial charge in [-0.2, -0.15) is 0 Å². The summed E-state index contributed by atoms with van der Waals surface area (Å²) in [6.07, 6.45) is 0. The highest BCUT2D eigenvalue weighted by atomic mass is 79.9. The Morgan fingerprint density at radius 1 is 1.24 bits per heavy atom. The Hall–Kier alpha value is -0.610. The molecule has 1 aromatic heterocycles. The van der Waals surface area contributed by atoms with E-state index in [-0.39, 0.29) is 0 Å². The topological polar surface area (TPSA) is 19.4 Å². The summed E-state index contributed by atoms with van der Waals surface area (Å²) < 4.78 is 0.916. The normalized spacial score (nSPS) is 17.8. The summed E-state index contributed by atoms with van der Waals surface area (Å²) in [5.41, 5.74) is 0. The summed E-state index contributed by atoms with van der Waals surface area (Å²) in [5, 5.41) is 0. The van der Waals surface area contributed by atoms with Gasteiger partial charge in [0.15, 0.2) is 0 Å². The van der Waals surface area contributed by atoms with Crippen molar-refractivity contribution in [2.24, 2.45) is 5.92 Å². The van der Waals surface area contributed by atoms with Gasteiger partial charge in [-0.3, -0.25) is 4.90 Å². The van der Waals surface area contributed by atoms with E-state index in [9.17, 15) is 0 Å². The lowest BCUT2D eigenvalue weighted by Crippen LogP contribution is -2.47. The first-order valence-electron chi connectivity index (χ1n) is 6.25. The van der Waals surface area contributed by atoms with Gasteiger partial charge in [-0.15, -0.1) is 0 Å². The van der Waals surface area contributed by atoms with Crippen molar-refractivity contribution in [2.45, 2.75) is 13.8 Å². The van der Waals surface area contributed by atoms with Crippen molar-refractivity contribution in [2.75, 3.05) is 37.6 Å². The van der Waals surface area contributed by atoms with Gasteiger partial charge in [-0.05, 0) is 34.0 Å². The first kappa shape index (κ1) is 12.8. The van der Waals surface area contributed by atoms with Crippen molar-refractivity contribution in [3.8, 4) is 0 Å². The van der Waals surface area contributed by atoms with E-state index in [1.54, 1.807) is 0 Å². The van der Waals surface area contributed by atoms with Gasteiger partial charge in [0, 0.05) is 32.7 Å². The van der Waals surface area contributed by atoms with E-state index in [2.05, 4.69) is 50.6 Å². The zero-order chi connectivity index (χ0) is 12.3. The van der Waals surface area contributed by atoms with Crippen molar-refractivity contribution >= 4 is 21.7 Å². The van der Waals surface area contributed by atoms with Crippen LogP contribution in [0.25, 0.3) is 0 Å². The molecule has 1 saturated heterocycles. The van der Waals surface area contributed by atoms with Gasteiger partial charge in [0.2, 0.25) is 0 Å². The molecule has 1 aliphatic heterocycles. The van der Waals surface area contributed by atoms with Gasteiger partial charge in [0.25, 0.3) is 0 Å². The van der Waals surface area contributed by atoms with Crippen LogP contribution in [-0.4, -0.2) is 42.6 Å². The highest BCUT2D eigenvalue weighted by Gasteiger charge is 2.18. The van der Waals surface area contributed by atoms with Crippen molar-refractivity contribution in [3.63, 3.8) is 0 Å². The van der Waals surface area contributed by atoms with Crippen molar-refractivity contribution in [1.29, 1.82) is 0 Å². The number of halogens is 1. The van der Waals surface area contributed by atoms with Gasteiger partial charge in [-0.1, -0.05) is 19.9 Å². The molecule has 0 N–H and O–H groups in total. The zero-order valence-electron chi connectivity index (χ0n) is 10.6. The van der Waals surface area contributed by atoms with Crippen molar-refractivity contribution in [1.82, 2.24) is 9.88 Å². The fourth-order valence-corrected chi connectivity index (χ4v) is 2.58. The minimum Gasteiger partial charge on any atom is -0.354 e. The van der Waals surface area contributed by atoms with Crippen LogP contribution in [-0.2, 0) is 0 Å². The molecule has 0 radical (unpaired) electrons. The SMILES string of the molecule is CC(C)CN1CCN(c2cccc(Br)n2)CC1. The summed E-state index contributed by atoms with van der Waals surface area (Å²) in [5.74, 6) is 1.84. The first-order chi connectivity index (χ1) is 8.15. The molecule has 0 atom stereocenters. The molecule has 0 saturated carbocycles. The Bertz CT molecular complexity index is 359. The van der Waals surface area contributed by atoms with Crippen molar-refractivity contribution < 1.29 is 0 Å². The highest BCUT2D eigenvalue weighted by Crippen LogP contribution is 2.17. The van der Waals surface area contributed by atoms with Crippen LogP contribution in [0, 0.1) is 5.92 Å². The zero-order valence-corrected chi connectivity index (χ0v) is 12.2. The van der Waals surface area contributed by atoms with E-state index in [4.69, 9.17) is 0 Å². The summed E-state index contributed by atoms with van der Waals surface area (Å²) in [4.78, 5) is 9.41. The number of pyridine rings is 1. The molecule has 1 fully saturated rings. The van der Waals surface area contributed by atoms with E-state index >= 15 is 0 Å². The molecule has 1 aliphatic rings. The van der Waals surface area contributed by atoms with E-state index in [1.807, 2.05) is 12.1 Å².